The van der Waals surface area contributed by atoms with Crippen LogP contribution in [-0.2, 0) is 0 Å². The summed E-state index contributed by atoms with van der Waals surface area (Å²) in [5.74, 6) is -0.0350. The van der Waals surface area contributed by atoms with Crippen LogP contribution in [0.25, 0.3) is 0 Å². The molecule has 5 nitrogen and oxygen atoms in total. The summed E-state index contributed by atoms with van der Waals surface area (Å²) in [6.45, 7) is 0. The molecule has 25 heavy (non-hydrogen) atoms. The van der Waals surface area contributed by atoms with Gasteiger partial charge in [0.1, 0.15) is 23.7 Å². The Morgan fingerprint density at radius 1 is 0.920 bits per heavy atom. The molecule has 126 valence electrons. The maximum Gasteiger partial charge on any atom is 0.276 e. The number of aromatic nitrogens is 2. The number of nitrogens with zero attached hydrogens (tertiary/aromatic N) is 4. The molecule has 0 aliphatic heterocycles. The number of hydrogen-bond acceptors (Lipinski definition) is 4. The van der Waals surface area contributed by atoms with Crippen LogP contribution in [0, 0.1) is 5.82 Å². The zero-order valence-corrected chi connectivity index (χ0v) is 13.9. The molecular formula is C19H17FN4O. The minimum atomic E-state index is -0.349. The van der Waals surface area contributed by atoms with Gasteiger partial charge in [0.05, 0.1) is 0 Å². The Hall–Kier alpha value is -3.28. The predicted molar refractivity (Wildman–Crippen MR) is 95.7 cm³/mol. The number of halogens is 1. The first-order valence-electron chi connectivity index (χ1n) is 7.70. The van der Waals surface area contributed by atoms with Gasteiger partial charge in [-0.1, -0.05) is 18.2 Å². The van der Waals surface area contributed by atoms with E-state index in [4.69, 9.17) is 0 Å². The van der Waals surface area contributed by atoms with Crippen molar-refractivity contribution in [2.45, 2.75) is 0 Å². The Bertz CT molecular complexity index is 868. The van der Waals surface area contributed by atoms with Gasteiger partial charge in [-0.3, -0.25) is 4.79 Å². The molecule has 1 amide bonds. The van der Waals surface area contributed by atoms with Gasteiger partial charge in [-0.15, -0.1) is 0 Å². The van der Waals surface area contributed by atoms with Gasteiger partial charge in [0.2, 0.25) is 0 Å². The zero-order chi connectivity index (χ0) is 17.8. The van der Waals surface area contributed by atoms with Crippen molar-refractivity contribution in [3.05, 3.63) is 78.5 Å². The molecule has 6 heteroatoms. The molecule has 0 atom stereocenters. The summed E-state index contributed by atoms with van der Waals surface area (Å²) in [4.78, 5) is 24.3. The van der Waals surface area contributed by atoms with Crippen molar-refractivity contribution in [1.82, 2.24) is 9.97 Å². The molecule has 0 spiro atoms. The summed E-state index contributed by atoms with van der Waals surface area (Å²) in [6, 6.07) is 17.1. The maximum absolute atomic E-state index is 13.0. The van der Waals surface area contributed by atoms with Crippen LogP contribution in [0.5, 0.6) is 0 Å². The van der Waals surface area contributed by atoms with Crippen molar-refractivity contribution < 1.29 is 9.18 Å². The molecule has 0 unspecified atom stereocenters. The standard InChI is InChI=1S/C19H17FN4O/c1-23(15-6-4-3-5-7-15)18-12-17(21-13-22-18)19(25)24(2)16-10-8-14(20)9-11-16/h3-13H,1-2H3. The molecule has 0 saturated heterocycles. The van der Waals surface area contributed by atoms with Gasteiger partial charge in [-0.05, 0) is 36.4 Å². The fourth-order valence-electron chi connectivity index (χ4n) is 2.39. The third kappa shape index (κ3) is 3.63. The first-order valence-corrected chi connectivity index (χ1v) is 7.70. The Morgan fingerprint density at radius 2 is 1.60 bits per heavy atom. The number of amides is 1. The number of carbonyl (C=O) groups excluding carboxylic acids is 1. The van der Waals surface area contributed by atoms with Gasteiger partial charge in [0.25, 0.3) is 5.91 Å². The van der Waals surface area contributed by atoms with E-state index in [1.54, 1.807) is 25.2 Å². The van der Waals surface area contributed by atoms with E-state index in [1.165, 1.54) is 23.4 Å². The average Bonchev–Trinajstić information content (AvgIpc) is 2.67. The fourth-order valence-corrected chi connectivity index (χ4v) is 2.39. The third-order valence-corrected chi connectivity index (χ3v) is 3.88. The first kappa shape index (κ1) is 16.6. The molecular weight excluding hydrogens is 319 g/mol. The molecule has 0 fully saturated rings. The summed E-state index contributed by atoms with van der Waals surface area (Å²) >= 11 is 0. The molecule has 0 aliphatic rings. The summed E-state index contributed by atoms with van der Waals surface area (Å²) in [5.41, 5.74) is 1.80. The maximum atomic E-state index is 13.0. The van der Waals surface area contributed by atoms with Crippen molar-refractivity contribution in [3.8, 4) is 0 Å². The Kier molecular flexibility index (Phi) is 4.70. The van der Waals surface area contributed by atoms with Crippen LogP contribution in [0.4, 0.5) is 21.6 Å². The highest BCUT2D eigenvalue weighted by Gasteiger charge is 2.17. The molecule has 0 radical (unpaired) electrons. The van der Waals surface area contributed by atoms with Gasteiger partial charge in [0.15, 0.2) is 0 Å². The molecule has 0 aliphatic carbocycles. The first-order chi connectivity index (χ1) is 12.1. The van der Waals surface area contributed by atoms with Crippen LogP contribution in [0.3, 0.4) is 0 Å². The van der Waals surface area contributed by atoms with E-state index in [0.717, 1.165) is 5.69 Å². The Labute approximate surface area is 145 Å². The van der Waals surface area contributed by atoms with Crippen molar-refractivity contribution in [2.75, 3.05) is 23.9 Å². The highest BCUT2D eigenvalue weighted by Crippen LogP contribution is 2.22. The second-order valence-electron chi connectivity index (χ2n) is 5.50. The molecule has 3 rings (SSSR count). The molecule has 1 aromatic heterocycles. The van der Waals surface area contributed by atoms with Gasteiger partial charge >= 0.3 is 0 Å². The van der Waals surface area contributed by atoms with E-state index < -0.39 is 0 Å². The highest BCUT2D eigenvalue weighted by atomic mass is 19.1. The summed E-state index contributed by atoms with van der Waals surface area (Å²) in [5, 5.41) is 0. The van der Waals surface area contributed by atoms with Gasteiger partial charge in [-0.25, -0.2) is 14.4 Å². The van der Waals surface area contributed by atoms with Crippen molar-refractivity contribution in [2.24, 2.45) is 0 Å². The molecule has 2 aromatic carbocycles. The van der Waals surface area contributed by atoms with Crippen LogP contribution >= 0.6 is 0 Å². The van der Waals surface area contributed by atoms with E-state index in [-0.39, 0.29) is 17.4 Å². The lowest BCUT2D eigenvalue weighted by molar-refractivity contribution is 0.0988. The minimum Gasteiger partial charge on any atom is -0.329 e. The van der Waals surface area contributed by atoms with Crippen LogP contribution in [0.15, 0.2) is 67.0 Å². The molecule has 1 heterocycles. The van der Waals surface area contributed by atoms with E-state index in [0.29, 0.717) is 11.5 Å². The van der Waals surface area contributed by atoms with E-state index in [2.05, 4.69) is 9.97 Å². The summed E-state index contributed by atoms with van der Waals surface area (Å²) in [6.07, 6.45) is 1.36. The Balaban J connectivity index is 1.85. The van der Waals surface area contributed by atoms with Crippen LogP contribution in [-0.4, -0.2) is 30.0 Å². The van der Waals surface area contributed by atoms with E-state index in [9.17, 15) is 9.18 Å². The highest BCUT2D eigenvalue weighted by molar-refractivity contribution is 6.04. The molecule has 3 aromatic rings. The Morgan fingerprint density at radius 3 is 2.28 bits per heavy atom. The molecule has 0 bridgehead atoms. The second kappa shape index (κ2) is 7.09. The topological polar surface area (TPSA) is 49.3 Å². The number of rotatable bonds is 4. The smallest absolute Gasteiger partial charge is 0.276 e. The van der Waals surface area contributed by atoms with E-state index in [1.807, 2.05) is 42.3 Å². The van der Waals surface area contributed by atoms with Crippen LogP contribution < -0.4 is 9.80 Å². The van der Waals surface area contributed by atoms with Gasteiger partial charge in [-0.2, -0.15) is 0 Å². The number of carbonyl (C=O) groups is 1. The zero-order valence-electron chi connectivity index (χ0n) is 13.9. The lowest BCUT2D eigenvalue weighted by Crippen LogP contribution is -2.27. The molecule has 0 saturated carbocycles. The predicted octanol–water partition coefficient (Wildman–Crippen LogP) is 3.66. The summed E-state index contributed by atoms with van der Waals surface area (Å²) < 4.78 is 13.0. The lowest BCUT2D eigenvalue weighted by Gasteiger charge is -2.20. The monoisotopic (exact) mass is 336 g/mol. The lowest BCUT2D eigenvalue weighted by atomic mass is 10.2. The van der Waals surface area contributed by atoms with Gasteiger partial charge in [0, 0.05) is 31.5 Å². The fraction of sp³-hybridized carbons (Fsp3) is 0.105. The number of anilines is 3. The van der Waals surface area contributed by atoms with Crippen molar-refractivity contribution in [3.63, 3.8) is 0 Å². The normalized spacial score (nSPS) is 10.4. The van der Waals surface area contributed by atoms with Gasteiger partial charge < -0.3 is 9.80 Å². The SMILES string of the molecule is CN(C(=O)c1cc(N(C)c2ccccc2)ncn1)c1ccc(F)cc1. The molecule has 0 N–H and O–H groups in total. The van der Waals surface area contributed by atoms with Crippen LogP contribution in [0.2, 0.25) is 0 Å². The number of benzene rings is 2. The van der Waals surface area contributed by atoms with Crippen LogP contribution in [0.1, 0.15) is 10.5 Å². The average molecular weight is 336 g/mol. The van der Waals surface area contributed by atoms with Crippen molar-refractivity contribution >= 4 is 23.1 Å². The third-order valence-electron chi connectivity index (χ3n) is 3.88. The second-order valence-corrected chi connectivity index (χ2v) is 5.50. The largest absolute Gasteiger partial charge is 0.329 e. The number of hydrogen-bond donors (Lipinski definition) is 0. The number of para-hydroxylation sites is 1. The van der Waals surface area contributed by atoms with E-state index >= 15 is 0 Å². The quantitative estimate of drug-likeness (QED) is 0.729. The minimum absolute atomic E-state index is 0.264. The van der Waals surface area contributed by atoms with Crippen molar-refractivity contribution in [1.29, 1.82) is 0 Å². The summed E-state index contributed by atoms with van der Waals surface area (Å²) in [7, 11) is 3.49.